The molecule has 0 radical (unpaired) electrons. The summed E-state index contributed by atoms with van der Waals surface area (Å²) < 4.78 is 2.14. The maximum atomic E-state index is 13.2. The molecular weight excluding hydrogens is 452 g/mol. The smallest absolute Gasteiger partial charge is 0.259 e. The summed E-state index contributed by atoms with van der Waals surface area (Å²) in [4.78, 5) is 32.4. The van der Waals surface area contributed by atoms with Crippen molar-refractivity contribution in [3.63, 3.8) is 0 Å². The first-order chi connectivity index (χ1) is 17.6. The number of para-hydroxylation sites is 1. The van der Waals surface area contributed by atoms with Gasteiger partial charge in [-0.2, -0.15) is 0 Å². The van der Waals surface area contributed by atoms with Gasteiger partial charge in [-0.15, -0.1) is 0 Å². The number of imide groups is 1. The van der Waals surface area contributed by atoms with Gasteiger partial charge in [0.25, 0.3) is 11.8 Å². The maximum absolute atomic E-state index is 13.2. The molecule has 3 N–H and O–H groups in total. The van der Waals surface area contributed by atoms with Gasteiger partial charge in [-0.25, -0.2) is 0 Å². The number of likely N-dealkylation sites (tertiary alicyclic amines) is 1. The Labute approximate surface area is 207 Å². The van der Waals surface area contributed by atoms with Crippen molar-refractivity contribution in [1.82, 2.24) is 19.8 Å². The molecule has 2 aliphatic heterocycles. The van der Waals surface area contributed by atoms with Crippen molar-refractivity contribution in [2.24, 2.45) is 0 Å². The molecule has 0 saturated carbocycles. The summed E-state index contributed by atoms with van der Waals surface area (Å²) >= 11 is 0. The number of benzene rings is 3. The van der Waals surface area contributed by atoms with Gasteiger partial charge in [-0.3, -0.25) is 19.8 Å². The molecule has 182 valence electrons. The van der Waals surface area contributed by atoms with Crippen molar-refractivity contribution in [3.05, 3.63) is 59.3 Å². The van der Waals surface area contributed by atoms with Crippen LogP contribution in [0.25, 0.3) is 43.5 Å². The lowest BCUT2D eigenvalue weighted by Crippen LogP contribution is -2.33. The molecule has 0 aliphatic carbocycles. The fraction of sp³-hybridized carbons (Fsp3) is 0.310. The van der Waals surface area contributed by atoms with E-state index in [1.807, 2.05) is 18.3 Å². The van der Waals surface area contributed by atoms with Crippen molar-refractivity contribution in [3.8, 4) is 0 Å². The molecule has 2 amide bonds. The summed E-state index contributed by atoms with van der Waals surface area (Å²) in [5, 5.41) is 16.9. The Morgan fingerprint density at radius 3 is 2.61 bits per heavy atom. The number of H-pyrrole nitrogens is 1. The molecule has 1 fully saturated rings. The average Bonchev–Trinajstić information content (AvgIpc) is 3.66. The second kappa shape index (κ2) is 7.91. The van der Waals surface area contributed by atoms with Gasteiger partial charge >= 0.3 is 0 Å². The molecule has 0 spiro atoms. The summed E-state index contributed by atoms with van der Waals surface area (Å²) in [6, 6.07) is 12.7. The molecule has 4 heterocycles. The number of hydrogen-bond donors (Lipinski definition) is 3. The molecule has 3 aromatic carbocycles. The summed E-state index contributed by atoms with van der Waals surface area (Å²) in [5.74, 6) is -0.657. The van der Waals surface area contributed by atoms with E-state index in [1.54, 1.807) is 0 Å². The van der Waals surface area contributed by atoms with Gasteiger partial charge in [0.2, 0.25) is 0 Å². The number of fused-ring (bicyclic) bond motifs is 10. The van der Waals surface area contributed by atoms with Crippen molar-refractivity contribution in [2.75, 3.05) is 19.7 Å². The molecule has 0 unspecified atom stereocenters. The minimum Gasteiger partial charge on any atom is -0.395 e. The second-order valence-corrected chi connectivity index (χ2v) is 10.0. The van der Waals surface area contributed by atoms with Gasteiger partial charge in [0.15, 0.2) is 0 Å². The highest BCUT2D eigenvalue weighted by Crippen LogP contribution is 2.42. The summed E-state index contributed by atoms with van der Waals surface area (Å²) in [6.45, 7) is 4.95. The van der Waals surface area contributed by atoms with E-state index in [-0.39, 0.29) is 24.5 Å². The van der Waals surface area contributed by atoms with Crippen LogP contribution in [0.5, 0.6) is 0 Å². The Bertz CT molecular complexity index is 1730. The van der Waals surface area contributed by atoms with Crippen LogP contribution < -0.4 is 5.32 Å². The molecule has 7 nitrogen and oxygen atoms in total. The van der Waals surface area contributed by atoms with Gasteiger partial charge in [-0.05, 0) is 44.4 Å². The number of aliphatic hydroxyl groups excluding tert-OH is 1. The summed E-state index contributed by atoms with van der Waals surface area (Å²) in [7, 11) is 0. The highest BCUT2D eigenvalue weighted by Gasteiger charge is 2.34. The number of aromatic amines is 1. The molecule has 5 aromatic rings. The molecular formula is C29H28N4O3. The van der Waals surface area contributed by atoms with Crippen LogP contribution >= 0.6 is 0 Å². The number of aryl methyl sites for hydroxylation is 1. The highest BCUT2D eigenvalue weighted by molar-refractivity contribution is 6.39. The lowest BCUT2D eigenvalue weighted by Gasteiger charge is -2.22. The zero-order chi connectivity index (χ0) is 24.6. The Kier molecular flexibility index (Phi) is 4.75. The van der Waals surface area contributed by atoms with Gasteiger partial charge < -0.3 is 14.7 Å². The van der Waals surface area contributed by atoms with Crippen LogP contribution in [-0.4, -0.2) is 57.1 Å². The van der Waals surface area contributed by atoms with Crippen LogP contribution in [0.1, 0.15) is 46.0 Å². The third-order valence-corrected chi connectivity index (χ3v) is 8.27. The number of amides is 2. The lowest BCUT2D eigenvalue weighted by molar-refractivity contribution is 0.0880. The fourth-order valence-corrected chi connectivity index (χ4v) is 6.56. The third-order valence-electron chi connectivity index (χ3n) is 8.27. The summed E-state index contributed by atoms with van der Waals surface area (Å²) in [5.41, 5.74) is 5.03. The van der Waals surface area contributed by atoms with Crippen molar-refractivity contribution in [2.45, 2.75) is 38.8 Å². The predicted molar refractivity (Wildman–Crippen MR) is 142 cm³/mol. The Morgan fingerprint density at radius 1 is 1.00 bits per heavy atom. The zero-order valence-corrected chi connectivity index (χ0v) is 20.2. The standard InChI is InChI=1S/C29H28N4O3/c1-2-32-13-11-17-8-9-20-22(27(17)32)24-23(28(35)31-29(24)36)21-19-7-3-5-16(25(19)30-26(20)21)10-14-33-12-4-6-18(33)15-34/h3,5,7-9,11,13,18,30,34H,2,4,6,10,12,14-15H2,1H3,(H,31,35,36)/t18-/m0/s1. The van der Waals surface area contributed by atoms with Crippen LogP contribution in [0.4, 0.5) is 0 Å². The van der Waals surface area contributed by atoms with E-state index in [9.17, 15) is 14.7 Å². The van der Waals surface area contributed by atoms with E-state index < -0.39 is 0 Å². The number of nitrogens with zero attached hydrogens (tertiary/aromatic N) is 2. The first-order valence-corrected chi connectivity index (χ1v) is 12.8. The van der Waals surface area contributed by atoms with Gasteiger partial charge in [0, 0.05) is 57.8 Å². The molecule has 2 aliphatic rings. The Balaban J connectivity index is 1.51. The zero-order valence-electron chi connectivity index (χ0n) is 20.2. The molecule has 7 rings (SSSR count). The first-order valence-electron chi connectivity index (χ1n) is 12.8. The van der Waals surface area contributed by atoms with Gasteiger partial charge in [0.05, 0.1) is 28.8 Å². The maximum Gasteiger partial charge on any atom is 0.259 e. The number of hydrogen-bond acceptors (Lipinski definition) is 4. The lowest BCUT2D eigenvalue weighted by atomic mass is 9.93. The predicted octanol–water partition coefficient (Wildman–Crippen LogP) is 4.33. The molecule has 7 heteroatoms. The molecule has 36 heavy (non-hydrogen) atoms. The second-order valence-electron chi connectivity index (χ2n) is 10.0. The van der Waals surface area contributed by atoms with Crippen LogP contribution in [0.15, 0.2) is 42.6 Å². The first kappa shape index (κ1) is 21.6. The van der Waals surface area contributed by atoms with Crippen molar-refractivity contribution >= 4 is 55.3 Å². The van der Waals surface area contributed by atoms with Crippen LogP contribution in [0.3, 0.4) is 0 Å². The number of nitrogens with one attached hydrogen (secondary N) is 2. The topological polar surface area (TPSA) is 90.4 Å². The minimum absolute atomic E-state index is 0.200. The monoisotopic (exact) mass is 480 g/mol. The Hall–Kier alpha value is -3.68. The molecule has 2 aromatic heterocycles. The molecule has 1 saturated heterocycles. The number of carbonyl (C=O) groups is 2. The molecule has 1 atom stereocenters. The van der Waals surface area contributed by atoms with Crippen LogP contribution in [0.2, 0.25) is 0 Å². The minimum atomic E-state index is -0.331. The number of aromatic nitrogens is 2. The number of rotatable bonds is 5. The SMILES string of the molecule is CCn1ccc2ccc3c4[nH]c5c(CCN6CCC[C@H]6CO)cccc5c4c4c(c3c21)C(=O)NC4=O. The van der Waals surface area contributed by atoms with E-state index in [0.717, 1.165) is 82.4 Å². The van der Waals surface area contributed by atoms with E-state index in [0.29, 0.717) is 11.1 Å². The van der Waals surface area contributed by atoms with E-state index in [1.165, 1.54) is 5.56 Å². The van der Waals surface area contributed by atoms with E-state index >= 15 is 0 Å². The third kappa shape index (κ3) is 2.87. The molecule has 0 bridgehead atoms. The van der Waals surface area contributed by atoms with Crippen LogP contribution in [-0.2, 0) is 13.0 Å². The normalized spacial score (nSPS) is 18.3. The van der Waals surface area contributed by atoms with E-state index in [4.69, 9.17) is 0 Å². The van der Waals surface area contributed by atoms with Gasteiger partial charge in [-0.1, -0.05) is 30.3 Å². The van der Waals surface area contributed by atoms with Crippen molar-refractivity contribution < 1.29 is 14.7 Å². The fourth-order valence-electron chi connectivity index (χ4n) is 6.56. The summed E-state index contributed by atoms with van der Waals surface area (Å²) in [6.07, 6.45) is 5.05. The number of aliphatic hydroxyl groups is 1. The largest absolute Gasteiger partial charge is 0.395 e. The highest BCUT2D eigenvalue weighted by atomic mass is 16.3. The Morgan fingerprint density at radius 2 is 1.81 bits per heavy atom. The van der Waals surface area contributed by atoms with Crippen molar-refractivity contribution in [1.29, 1.82) is 0 Å². The average molecular weight is 481 g/mol. The van der Waals surface area contributed by atoms with Crippen LogP contribution in [0, 0.1) is 0 Å². The van der Waals surface area contributed by atoms with Gasteiger partial charge in [0.1, 0.15) is 0 Å². The quantitative estimate of drug-likeness (QED) is 0.327. The van der Waals surface area contributed by atoms with E-state index in [2.05, 4.69) is 51.0 Å². The number of carbonyl (C=O) groups excluding carboxylic acids is 2.